The summed E-state index contributed by atoms with van der Waals surface area (Å²) in [7, 11) is 0. The van der Waals surface area contributed by atoms with E-state index in [9.17, 15) is 9.90 Å². The second kappa shape index (κ2) is 1.72. The number of hydrogen-bond donors (Lipinski definition) is 2. The number of hydrogen-bond acceptors (Lipinski definition) is 2. The molecule has 0 heterocycles. The van der Waals surface area contributed by atoms with Gasteiger partial charge in [-0.15, -0.1) is 0 Å². The van der Waals surface area contributed by atoms with Gasteiger partial charge in [-0.05, 0) is 24.7 Å². The zero-order valence-electron chi connectivity index (χ0n) is 5.53. The Bertz CT molecular complexity index is 178. The van der Waals surface area contributed by atoms with E-state index in [1.54, 1.807) is 0 Å². The van der Waals surface area contributed by atoms with Gasteiger partial charge in [-0.1, -0.05) is 0 Å². The fourth-order valence-corrected chi connectivity index (χ4v) is 2.31. The molecule has 0 saturated heterocycles. The molecule has 0 aromatic rings. The van der Waals surface area contributed by atoms with Crippen LogP contribution in [0.15, 0.2) is 0 Å². The van der Waals surface area contributed by atoms with Crippen LogP contribution in [0, 0.1) is 17.8 Å². The number of carboxylic acid groups (broad SMARTS) is 1. The summed E-state index contributed by atoms with van der Waals surface area (Å²) in [5.41, 5.74) is 0. The molecular formula is C7H10O3. The van der Waals surface area contributed by atoms with E-state index in [0.29, 0.717) is 6.42 Å². The van der Waals surface area contributed by atoms with Gasteiger partial charge >= 0.3 is 5.97 Å². The van der Waals surface area contributed by atoms with Crippen LogP contribution in [0.1, 0.15) is 12.8 Å². The largest absolute Gasteiger partial charge is 0.481 e. The van der Waals surface area contributed by atoms with E-state index in [0.717, 1.165) is 6.42 Å². The molecule has 0 amide bonds. The van der Waals surface area contributed by atoms with Crippen molar-refractivity contribution in [3.63, 3.8) is 0 Å². The highest BCUT2D eigenvalue weighted by atomic mass is 16.4. The summed E-state index contributed by atoms with van der Waals surface area (Å²) in [4.78, 5) is 10.5. The smallest absolute Gasteiger partial charge is 0.307 e. The van der Waals surface area contributed by atoms with Crippen molar-refractivity contribution < 1.29 is 15.0 Å². The number of fused-ring (bicyclic) bond motifs is 1. The molecule has 0 unspecified atom stereocenters. The van der Waals surface area contributed by atoms with Crippen LogP contribution in [0.4, 0.5) is 0 Å². The van der Waals surface area contributed by atoms with Crippen LogP contribution in [0.25, 0.3) is 0 Å². The standard InChI is InChI=1S/C7H10O3/c8-5-2-3-1-4(5)6(3)7(9)10/h3-6,8H,1-2H2,(H,9,10)/t3-,4+,5+,6-/m1/s1. The minimum atomic E-state index is -0.724. The highest BCUT2D eigenvalue weighted by Crippen LogP contribution is 2.53. The van der Waals surface area contributed by atoms with E-state index in [2.05, 4.69) is 0 Å². The summed E-state index contributed by atoms with van der Waals surface area (Å²) in [5.74, 6) is -0.604. The first-order valence-corrected chi connectivity index (χ1v) is 3.61. The molecule has 4 atom stereocenters. The molecule has 2 N–H and O–H groups in total. The number of aliphatic hydroxyl groups is 1. The Morgan fingerprint density at radius 1 is 1.40 bits per heavy atom. The minimum Gasteiger partial charge on any atom is -0.481 e. The van der Waals surface area contributed by atoms with Gasteiger partial charge in [0.05, 0.1) is 12.0 Å². The van der Waals surface area contributed by atoms with Crippen LogP contribution in [0.5, 0.6) is 0 Å². The molecule has 3 heteroatoms. The number of carboxylic acids is 1. The predicted molar refractivity (Wildman–Crippen MR) is 33.3 cm³/mol. The molecular weight excluding hydrogens is 132 g/mol. The van der Waals surface area contributed by atoms with E-state index in [1.165, 1.54) is 0 Å². The molecule has 10 heavy (non-hydrogen) atoms. The Morgan fingerprint density at radius 2 is 2.10 bits per heavy atom. The van der Waals surface area contributed by atoms with Crippen LogP contribution < -0.4 is 0 Å². The van der Waals surface area contributed by atoms with E-state index >= 15 is 0 Å². The van der Waals surface area contributed by atoms with Gasteiger partial charge in [0.25, 0.3) is 0 Å². The Morgan fingerprint density at radius 3 is 2.30 bits per heavy atom. The van der Waals surface area contributed by atoms with Crippen molar-refractivity contribution in [3.05, 3.63) is 0 Å². The lowest BCUT2D eigenvalue weighted by atomic mass is 9.72. The molecule has 0 aliphatic heterocycles. The molecule has 3 saturated carbocycles. The number of rotatable bonds is 1. The quantitative estimate of drug-likeness (QED) is 0.545. The van der Waals surface area contributed by atoms with Gasteiger partial charge < -0.3 is 10.2 Å². The van der Waals surface area contributed by atoms with Crippen molar-refractivity contribution in [1.29, 1.82) is 0 Å². The summed E-state index contributed by atoms with van der Waals surface area (Å²) >= 11 is 0. The average Bonchev–Trinajstić information content (AvgIpc) is 2.18. The highest BCUT2D eigenvalue weighted by molar-refractivity contribution is 5.72. The first-order chi connectivity index (χ1) is 4.70. The van der Waals surface area contributed by atoms with E-state index in [-0.39, 0.29) is 23.9 Å². The summed E-state index contributed by atoms with van der Waals surface area (Å²) in [6.07, 6.45) is 1.31. The Balaban J connectivity index is 2.12. The van der Waals surface area contributed by atoms with Crippen molar-refractivity contribution in [2.24, 2.45) is 17.8 Å². The van der Waals surface area contributed by atoms with Crippen molar-refractivity contribution in [2.45, 2.75) is 18.9 Å². The van der Waals surface area contributed by atoms with Crippen LogP contribution >= 0.6 is 0 Å². The first kappa shape index (κ1) is 6.16. The van der Waals surface area contributed by atoms with Gasteiger partial charge in [-0.25, -0.2) is 0 Å². The maximum Gasteiger partial charge on any atom is 0.307 e. The normalized spacial score (nSPS) is 50.5. The topological polar surface area (TPSA) is 57.5 Å². The van der Waals surface area contributed by atoms with Crippen LogP contribution in [0.3, 0.4) is 0 Å². The lowest BCUT2D eigenvalue weighted by molar-refractivity contribution is -0.149. The Kier molecular flexibility index (Phi) is 1.06. The van der Waals surface area contributed by atoms with Crippen LogP contribution in [-0.2, 0) is 4.79 Å². The van der Waals surface area contributed by atoms with Crippen molar-refractivity contribution in [3.8, 4) is 0 Å². The Labute approximate surface area is 58.7 Å². The van der Waals surface area contributed by atoms with E-state index in [4.69, 9.17) is 5.11 Å². The van der Waals surface area contributed by atoms with E-state index < -0.39 is 5.97 Å². The molecule has 0 aromatic carbocycles. The van der Waals surface area contributed by atoms with Gasteiger partial charge in [-0.2, -0.15) is 0 Å². The maximum absolute atomic E-state index is 10.5. The van der Waals surface area contributed by atoms with Crippen molar-refractivity contribution in [1.82, 2.24) is 0 Å². The highest BCUT2D eigenvalue weighted by Gasteiger charge is 2.55. The summed E-state index contributed by atoms with van der Waals surface area (Å²) < 4.78 is 0. The molecule has 3 rings (SSSR count). The number of aliphatic carboxylic acids is 1. The second-order valence-corrected chi connectivity index (χ2v) is 3.33. The third-order valence-corrected chi connectivity index (χ3v) is 2.87. The lowest BCUT2D eigenvalue weighted by Crippen LogP contribution is -2.37. The van der Waals surface area contributed by atoms with Crippen molar-refractivity contribution >= 4 is 5.97 Å². The summed E-state index contributed by atoms with van der Waals surface area (Å²) in [6.45, 7) is 0. The molecule has 3 aliphatic carbocycles. The SMILES string of the molecule is O=C(O)[C@@H]1[C@@H]2C[C@H]1[C@@H](O)C2. The zero-order valence-corrected chi connectivity index (χ0v) is 5.53. The monoisotopic (exact) mass is 142 g/mol. The molecule has 2 bridgehead atoms. The molecule has 56 valence electrons. The Hall–Kier alpha value is -0.570. The first-order valence-electron chi connectivity index (χ1n) is 3.61. The third-order valence-electron chi connectivity index (χ3n) is 2.87. The molecule has 3 fully saturated rings. The molecule has 3 nitrogen and oxygen atoms in total. The average molecular weight is 142 g/mol. The van der Waals surface area contributed by atoms with Gasteiger partial charge in [0.1, 0.15) is 0 Å². The molecule has 0 aromatic heterocycles. The van der Waals surface area contributed by atoms with E-state index in [1.807, 2.05) is 0 Å². The second-order valence-electron chi connectivity index (χ2n) is 3.33. The number of carbonyl (C=O) groups is 1. The number of aliphatic hydroxyl groups excluding tert-OH is 1. The van der Waals surface area contributed by atoms with Gasteiger partial charge in [0.15, 0.2) is 0 Å². The third kappa shape index (κ3) is 0.560. The van der Waals surface area contributed by atoms with Crippen LogP contribution in [-0.4, -0.2) is 22.3 Å². The molecule has 3 aliphatic rings. The van der Waals surface area contributed by atoms with Gasteiger partial charge in [0.2, 0.25) is 0 Å². The molecule has 0 radical (unpaired) electrons. The summed E-state index contributed by atoms with van der Waals surface area (Å²) in [6, 6.07) is 0. The summed E-state index contributed by atoms with van der Waals surface area (Å²) in [5, 5.41) is 17.8. The fraction of sp³-hybridized carbons (Fsp3) is 0.857. The van der Waals surface area contributed by atoms with Crippen LogP contribution in [0.2, 0.25) is 0 Å². The van der Waals surface area contributed by atoms with Gasteiger partial charge in [0, 0.05) is 0 Å². The van der Waals surface area contributed by atoms with Crippen molar-refractivity contribution in [2.75, 3.05) is 0 Å². The maximum atomic E-state index is 10.5. The predicted octanol–water partition coefficient (Wildman–Crippen LogP) is 0.0879. The minimum absolute atomic E-state index is 0.0718. The van der Waals surface area contributed by atoms with Gasteiger partial charge in [-0.3, -0.25) is 4.79 Å². The lowest BCUT2D eigenvalue weighted by Gasteiger charge is -2.31. The zero-order chi connectivity index (χ0) is 7.30. The fourth-order valence-electron chi connectivity index (χ4n) is 2.31. The molecule has 0 spiro atoms.